The molecule has 1 aromatic heterocycles. The molecule has 0 aliphatic carbocycles. The zero-order valence-corrected chi connectivity index (χ0v) is 16.4. The van der Waals surface area contributed by atoms with Crippen LogP contribution in [0.15, 0.2) is 41.4 Å². The number of hydrogen-bond donors (Lipinski definition) is 1. The summed E-state index contributed by atoms with van der Waals surface area (Å²) in [5.41, 5.74) is 0.543. The normalized spacial score (nSPS) is 15.1. The molecule has 10 heteroatoms. The molecule has 150 valence electrons. The fraction of sp³-hybridized carbons (Fsp3) is 0.333. The predicted octanol–water partition coefficient (Wildman–Crippen LogP) is 1.37. The molecule has 1 N–H and O–H groups in total. The minimum absolute atomic E-state index is 0.0679. The van der Waals surface area contributed by atoms with Gasteiger partial charge in [-0.05, 0) is 24.3 Å². The number of hydrogen-bond acceptors (Lipinski definition) is 7. The molecule has 9 nitrogen and oxygen atoms in total. The number of amides is 1. The van der Waals surface area contributed by atoms with Crippen LogP contribution < -0.4 is 14.8 Å². The largest absolute Gasteiger partial charge is 0.495 e. The molecule has 0 saturated carbocycles. The van der Waals surface area contributed by atoms with Crippen LogP contribution in [-0.2, 0) is 14.8 Å². The summed E-state index contributed by atoms with van der Waals surface area (Å²) in [4.78, 5) is 16.6. The summed E-state index contributed by atoms with van der Waals surface area (Å²) in [6.07, 6.45) is 1.37. The van der Waals surface area contributed by atoms with E-state index in [4.69, 9.17) is 14.2 Å². The van der Waals surface area contributed by atoms with Gasteiger partial charge in [-0.25, -0.2) is 13.4 Å². The van der Waals surface area contributed by atoms with Crippen molar-refractivity contribution < 1.29 is 27.4 Å². The Bertz CT molecular complexity index is 940. The summed E-state index contributed by atoms with van der Waals surface area (Å²) < 4.78 is 42.5. The lowest BCUT2D eigenvalue weighted by atomic mass is 10.2. The van der Waals surface area contributed by atoms with Crippen LogP contribution in [0.25, 0.3) is 0 Å². The second kappa shape index (κ2) is 8.55. The van der Waals surface area contributed by atoms with Crippen molar-refractivity contribution in [3.63, 3.8) is 0 Å². The molecule has 0 radical (unpaired) electrons. The number of benzene rings is 1. The number of rotatable bonds is 6. The van der Waals surface area contributed by atoms with Gasteiger partial charge in [-0.3, -0.25) is 4.79 Å². The maximum absolute atomic E-state index is 12.9. The van der Waals surface area contributed by atoms with Gasteiger partial charge in [-0.15, -0.1) is 0 Å². The van der Waals surface area contributed by atoms with E-state index in [2.05, 4.69) is 10.3 Å². The number of nitrogens with one attached hydrogen (secondary N) is 1. The van der Waals surface area contributed by atoms with Gasteiger partial charge in [0.05, 0.1) is 43.6 Å². The summed E-state index contributed by atoms with van der Waals surface area (Å²) in [6, 6.07) is 7.47. The second-order valence-corrected chi connectivity index (χ2v) is 7.86. The minimum Gasteiger partial charge on any atom is -0.495 e. The first-order valence-corrected chi connectivity index (χ1v) is 9.97. The van der Waals surface area contributed by atoms with Crippen molar-refractivity contribution in [2.24, 2.45) is 0 Å². The first kappa shape index (κ1) is 20.1. The van der Waals surface area contributed by atoms with E-state index in [0.29, 0.717) is 30.4 Å². The fourth-order valence-electron chi connectivity index (χ4n) is 2.71. The van der Waals surface area contributed by atoms with Gasteiger partial charge in [-0.1, -0.05) is 0 Å². The van der Waals surface area contributed by atoms with Gasteiger partial charge >= 0.3 is 0 Å². The molecular formula is C18H21N3O6S. The van der Waals surface area contributed by atoms with Crippen LogP contribution in [0.5, 0.6) is 11.6 Å². The topological polar surface area (TPSA) is 107 Å². The molecular weight excluding hydrogens is 386 g/mol. The highest BCUT2D eigenvalue weighted by atomic mass is 32.2. The highest BCUT2D eigenvalue weighted by Crippen LogP contribution is 2.29. The number of pyridine rings is 1. The molecule has 1 aliphatic rings. The van der Waals surface area contributed by atoms with Gasteiger partial charge in [-0.2, -0.15) is 4.31 Å². The number of morpholine rings is 1. The average Bonchev–Trinajstić information content (AvgIpc) is 2.74. The lowest BCUT2D eigenvalue weighted by molar-refractivity contribution is 0.0730. The molecule has 3 rings (SSSR count). The lowest BCUT2D eigenvalue weighted by Crippen LogP contribution is -2.40. The van der Waals surface area contributed by atoms with Crippen molar-refractivity contribution >= 4 is 21.6 Å². The van der Waals surface area contributed by atoms with Crippen LogP contribution in [0, 0.1) is 0 Å². The van der Waals surface area contributed by atoms with Crippen LogP contribution in [-0.4, -0.2) is 64.1 Å². The number of carbonyl (C=O) groups excluding carboxylic acids is 1. The van der Waals surface area contributed by atoms with Crippen LogP contribution in [0.4, 0.5) is 5.69 Å². The van der Waals surface area contributed by atoms with Gasteiger partial charge in [0, 0.05) is 25.4 Å². The predicted molar refractivity (Wildman–Crippen MR) is 101 cm³/mol. The van der Waals surface area contributed by atoms with Gasteiger partial charge < -0.3 is 19.5 Å². The molecule has 2 heterocycles. The molecule has 1 amide bonds. The molecule has 1 saturated heterocycles. The highest BCUT2D eigenvalue weighted by Gasteiger charge is 2.27. The van der Waals surface area contributed by atoms with E-state index in [1.54, 1.807) is 12.1 Å². The summed E-state index contributed by atoms with van der Waals surface area (Å²) in [5, 5.41) is 2.68. The first-order valence-electron chi connectivity index (χ1n) is 8.53. The molecule has 1 aromatic carbocycles. The number of methoxy groups -OCH3 is 2. The van der Waals surface area contributed by atoms with E-state index in [0.717, 1.165) is 0 Å². The molecule has 0 atom stereocenters. The molecule has 0 bridgehead atoms. The Balaban J connectivity index is 1.87. The Labute approximate surface area is 163 Å². The van der Waals surface area contributed by atoms with E-state index in [9.17, 15) is 13.2 Å². The van der Waals surface area contributed by atoms with Crippen molar-refractivity contribution in [3.8, 4) is 11.6 Å². The number of anilines is 1. The van der Waals surface area contributed by atoms with Gasteiger partial charge in [0.1, 0.15) is 5.75 Å². The zero-order chi connectivity index (χ0) is 20.1. The number of sulfonamides is 1. The van der Waals surface area contributed by atoms with Crippen molar-refractivity contribution in [2.45, 2.75) is 4.90 Å². The number of ether oxygens (including phenoxy) is 3. The zero-order valence-electron chi connectivity index (χ0n) is 15.5. The van der Waals surface area contributed by atoms with Crippen molar-refractivity contribution in [2.75, 3.05) is 45.8 Å². The maximum atomic E-state index is 12.9. The maximum Gasteiger partial charge on any atom is 0.257 e. The summed E-state index contributed by atoms with van der Waals surface area (Å²) in [5.74, 6) is 0.276. The van der Waals surface area contributed by atoms with Crippen LogP contribution in [0.1, 0.15) is 10.4 Å². The van der Waals surface area contributed by atoms with Gasteiger partial charge in [0.15, 0.2) is 0 Å². The number of nitrogens with zero attached hydrogens (tertiary/aromatic N) is 2. The Morgan fingerprint density at radius 2 is 1.89 bits per heavy atom. The second-order valence-electron chi connectivity index (χ2n) is 5.92. The van der Waals surface area contributed by atoms with Crippen LogP contribution >= 0.6 is 0 Å². The van der Waals surface area contributed by atoms with Gasteiger partial charge in [0.2, 0.25) is 15.9 Å². The highest BCUT2D eigenvalue weighted by molar-refractivity contribution is 7.89. The smallest absolute Gasteiger partial charge is 0.257 e. The van der Waals surface area contributed by atoms with E-state index in [-0.39, 0.29) is 23.7 Å². The monoisotopic (exact) mass is 407 g/mol. The Kier molecular flexibility index (Phi) is 6.12. The Morgan fingerprint density at radius 3 is 2.50 bits per heavy atom. The van der Waals surface area contributed by atoms with Crippen molar-refractivity contribution in [1.29, 1.82) is 0 Å². The SMILES string of the molecule is COc1ccc(C(=O)Nc2cc(S(=O)(=O)N3CCOCC3)ccc2OC)cn1. The number of aromatic nitrogens is 1. The third-order valence-electron chi connectivity index (χ3n) is 4.23. The Hall–Kier alpha value is -2.69. The number of carbonyl (C=O) groups is 1. The fourth-order valence-corrected chi connectivity index (χ4v) is 4.15. The van der Waals surface area contributed by atoms with Crippen LogP contribution in [0.2, 0.25) is 0 Å². The molecule has 1 aliphatic heterocycles. The summed E-state index contributed by atoms with van der Waals surface area (Å²) in [7, 11) is -0.781. The quantitative estimate of drug-likeness (QED) is 0.771. The van der Waals surface area contributed by atoms with E-state index in [1.807, 2.05) is 0 Å². The van der Waals surface area contributed by atoms with E-state index in [1.165, 1.54) is 42.9 Å². The third-order valence-corrected chi connectivity index (χ3v) is 6.13. The molecule has 0 spiro atoms. The van der Waals surface area contributed by atoms with Gasteiger partial charge in [0.25, 0.3) is 5.91 Å². The van der Waals surface area contributed by atoms with Crippen LogP contribution in [0.3, 0.4) is 0 Å². The third kappa shape index (κ3) is 4.24. The summed E-state index contributed by atoms with van der Waals surface area (Å²) >= 11 is 0. The van der Waals surface area contributed by atoms with E-state index >= 15 is 0 Å². The van der Waals surface area contributed by atoms with Crippen molar-refractivity contribution in [3.05, 3.63) is 42.1 Å². The Morgan fingerprint density at radius 1 is 1.14 bits per heavy atom. The first-order chi connectivity index (χ1) is 13.5. The summed E-state index contributed by atoms with van der Waals surface area (Å²) in [6.45, 7) is 1.27. The standard InChI is InChI=1S/C18H21N3O6S/c1-25-16-5-4-14(28(23,24)21-7-9-27-10-8-21)11-15(16)20-18(22)13-3-6-17(26-2)19-12-13/h3-6,11-12H,7-10H2,1-2H3,(H,20,22). The molecule has 2 aromatic rings. The van der Waals surface area contributed by atoms with Crippen molar-refractivity contribution in [1.82, 2.24) is 9.29 Å². The lowest BCUT2D eigenvalue weighted by Gasteiger charge is -2.26. The minimum atomic E-state index is -3.70. The molecule has 0 unspecified atom stereocenters. The van der Waals surface area contributed by atoms with E-state index < -0.39 is 15.9 Å². The molecule has 1 fully saturated rings. The average molecular weight is 407 g/mol. The molecule has 28 heavy (non-hydrogen) atoms.